The predicted molar refractivity (Wildman–Crippen MR) is 77.9 cm³/mol. The van der Waals surface area contributed by atoms with Gasteiger partial charge < -0.3 is 5.73 Å². The van der Waals surface area contributed by atoms with Crippen LogP contribution in [-0.4, -0.2) is 27.3 Å². The highest BCUT2D eigenvalue weighted by Crippen LogP contribution is 2.35. The average molecular weight is 276 g/mol. The Bertz CT molecular complexity index is 515. The van der Waals surface area contributed by atoms with Crippen molar-refractivity contribution >= 4 is 11.3 Å². The normalized spacial score (nSPS) is 17.0. The van der Waals surface area contributed by atoms with E-state index < -0.39 is 0 Å². The number of thiophene rings is 1. The first kappa shape index (κ1) is 12.8. The molecule has 1 atom stereocenters. The van der Waals surface area contributed by atoms with Crippen molar-refractivity contribution in [2.24, 2.45) is 12.8 Å². The minimum absolute atomic E-state index is 0.279. The number of hydrogen-bond donors (Lipinski definition) is 1. The monoisotopic (exact) mass is 276 g/mol. The highest BCUT2D eigenvalue weighted by Gasteiger charge is 2.34. The molecule has 1 aliphatic rings. The third-order valence-electron chi connectivity index (χ3n) is 3.69. The van der Waals surface area contributed by atoms with E-state index in [4.69, 9.17) is 5.73 Å². The molecular formula is C14H20N4S. The Morgan fingerprint density at radius 1 is 1.58 bits per heavy atom. The van der Waals surface area contributed by atoms with Gasteiger partial charge in [-0.3, -0.25) is 9.58 Å². The van der Waals surface area contributed by atoms with Crippen LogP contribution in [0.4, 0.5) is 0 Å². The van der Waals surface area contributed by atoms with Crippen molar-refractivity contribution < 1.29 is 0 Å². The van der Waals surface area contributed by atoms with E-state index in [-0.39, 0.29) is 6.04 Å². The fourth-order valence-electron chi connectivity index (χ4n) is 2.57. The van der Waals surface area contributed by atoms with Gasteiger partial charge in [0.15, 0.2) is 0 Å². The highest BCUT2D eigenvalue weighted by molar-refractivity contribution is 7.07. The van der Waals surface area contributed by atoms with Crippen molar-refractivity contribution in [2.45, 2.75) is 31.5 Å². The minimum atomic E-state index is 0.279. The van der Waals surface area contributed by atoms with Gasteiger partial charge in [0.1, 0.15) is 0 Å². The van der Waals surface area contributed by atoms with Crippen LogP contribution in [0, 0.1) is 0 Å². The van der Waals surface area contributed by atoms with Crippen molar-refractivity contribution in [1.82, 2.24) is 14.7 Å². The van der Waals surface area contributed by atoms with Crippen LogP contribution in [0.15, 0.2) is 29.2 Å². The summed E-state index contributed by atoms with van der Waals surface area (Å²) in [4.78, 5) is 2.54. The topological polar surface area (TPSA) is 47.1 Å². The number of aromatic nitrogens is 2. The molecule has 0 aromatic carbocycles. The molecule has 2 aromatic heterocycles. The van der Waals surface area contributed by atoms with E-state index in [1.165, 1.54) is 24.0 Å². The third-order valence-corrected chi connectivity index (χ3v) is 4.43. The number of aryl methyl sites for hydroxylation is 1. The molecule has 2 heterocycles. The maximum absolute atomic E-state index is 6.03. The van der Waals surface area contributed by atoms with E-state index >= 15 is 0 Å². The third kappa shape index (κ3) is 2.88. The summed E-state index contributed by atoms with van der Waals surface area (Å²) >= 11 is 1.76. The quantitative estimate of drug-likeness (QED) is 0.879. The zero-order valence-corrected chi connectivity index (χ0v) is 12.0. The number of nitrogens with zero attached hydrogens (tertiary/aromatic N) is 3. The summed E-state index contributed by atoms with van der Waals surface area (Å²) in [5, 5.41) is 8.65. The number of hydrogen-bond acceptors (Lipinski definition) is 4. The van der Waals surface area contributed by atoms with Gasteiger partial charge in [-0.15, -0.1) is 0 Å². The lowest BCUT2D eigenvalue weighted by Crippen LogP contribution is -2.34. The number of rotatable bonds is 6. The van der Waals surface area contributed by atoms with Crippen molar-refractivity contribution in [1.29, 1.82) is 0 Å². The van der Waals surface area contributed by atoms with Gasteiger partial charge in [-0.2, -0.15) is 16.4 Å². The first-order valence-corrected chi connectivity index (χ1v) is 7.67. The molecule has 2 aromatic rings. The summed E-state index contributed by atoms with van der Waals surface area (Å²) in [6.45, 7) is 1.64. The Morgan fingerprint density at radius 3 is 2.95 bits per heavy atom. The second kappa shape index (κ2) is 5.45. The van der Waals surface area contributed by atoms with Crippen molar-refractivity contribution in [3.63, 3.8) is 0 Å². The van der Waals surface area contributed by atoms with Gasteiger partial charge in [0.25, 0.3) is 0 Å². The van der Waals surface area contributed by atoms with Crippen molar-refractivity contribution in [3.8, 4) is 0 Å². The summed E-state index contributed by atoms with van der Waals surface area (Å²) in [5.41, 5.74) is 8.65. The van der Waals surface area contributed by atoms with E-state index in [0.29, 0.717) is 12.6 Å². The van der Waals surface area contributed by atoms with E-state index in [1.54, 1.807) is 11.3 Å². The summed E-state index contributed by atoms with van der Waals surface area (Å²) in [5.74, 6) is 0. The van der Waals surface area contributed by atoms with Gasteiger partial charge in [0.05, 0.1) is 12.2 Å². The fraction of sp³-hybridized carbons (Fsp3) is 0.500. The van der Waals surface area contributed by atoms with Gasteiger partial charge in [-0.25, -0.2) is 0 Å². The van der Waals surface area contributed by atoms with Crippen LogP contribution < -0.4 is 5.73 Å². The van der Waals surface area contributed by atoms with Gasteiger partial charge in [-0.1, -0.05) is 0 Å². The van der Waals surface area contributed by atoms with Gasteiger partial charge in [0, 0.05) is 37.9 Å². The van der Waals surface area contributed by atoms with E-state index in [1.807, 2.05) is 17.9 Å². The van der Waals surface area contributed by atoms with E-state index in [9.17, 15) is 0 Å². The molecule has 1 unspecified atom stereocenters. The summed E-state index contributed by atoms with van der Waals surface area (Å²) < 4.78 is 1.85. The molecule has 0 saturated heterocycles. The Balaban J connectivity index is 1.81. The molecular weight excluding hydrogens is 256 g/mol. The molecule has 19 heavy (non-hydrogen) atoms. The van der Waals surface area contributed by atoms with Crippen LogP contribution >= 0.6 is 11.3 Å². The van der Waals surface area contributed by atoms with Gasteiger partial charge in [-0.05, 0) is 35.2 Å². The molecule has 3 rings (SSSR count). The van der Waals surface area contributed by atoms with Crippen LogP contribution in [0.5, 0.6) is 0 Å². The highest BCUT2D eigenvalue weighted by atomic mass is 32.1. The van der Waals surface area contributed by atoms with Gasteiger partial charge >= 0.3 is 0 Å². The molecule has 0 bridgehead atoms. The van der Waals surface area contributed by atoms with Crippen LogP contribution in [0.1, 0.15) is 30.0 Å². The summed E-state index contributed by atoms with van der Waals surface area (Å²) in [6.07, 6.45) is 6.61. The number of nitrogens with two attached hydrogens (primary N) is 1. The molecule has 0 aliphatic heterocycles. The standard InChI is InChI=1S/C14H20N4S/c1-17-9-12(7-16-17)14(6-15)18(13-2-3-13)8-11-4-5-19-10-11/h4-5,7,9-10,13-14H,2-3,6,8,15H2,1H3. The molecule has 5 heteroatoms. The lowest BCUT2D eigenvalue weighted by molar-refractivity contribution is 0.182. The SMILES string of the molecule is Cn1cc(C(CN)N(Cc2ccsc2)C2CC2)cn1. The largest absolute Gasteiger partial charge is 0.329 e. The first-order valence-electron chi connectivity index (χ1n) is 6.73. The minimum Gasteiger partial charge on any atom is -0.329 e. The second-order valence-electron chi connectivity index (χ2n) is 5.23. The molecule has 2 N–H and O–H groups in total. The molecule has 1 aliphatic carbocycles. The maximum atomic E-state index is 6.03. The van der Waals surface area contributed by atoms with Crippen LogP contribution in [0.2, 0.25) is 0 Å². The van der Waals surface area contributed by atoms with Gasteiger partial charge in [0.2, 0.25) is 0 Å². The Labute approximate surface area is 117 Å². The molecule has 102 valence electrons. The molecule has 1 saturated carbocycles. The van der Waals surface area contributed by atoms with Crippen molar-refractivity contribution in [3.05, 3.63) is 40.3 Å². The summed E-state index contributed by atoms with van der Waals surface area (Å²) in [7, 11) is 1.96. The van der Waals surface area contributed by atoms with E-state index in [2.05, 4.69) is 33.0 Å². The van der Waals surface area contributed by atoms with Crippen LogP contribution in [0.25, 0.3) is 0 Å². The molecule has 0 amide bonds. The zero-order valence-electron chi connectivity index (χ0n) is 11.2. The molecule has 1 fully saturated rings. The van der Waals surface area contributed by atoms with E-state index in [0.717, 1.165) is 6.54 Å². The average Bonchev–Trinajstić information content (AvgIpc) is 2.95. The van der Waals surface area contributed by atoms with Crippen LogP contribution in [-0.2, 0) is 13.6 Å². The molecule has 0 spiro atoms. The Hall–Kier alpha value is -1.17. The summed E-state index contributed by atoms with van der Waals surface area (Å²) in [6, 6.07) is 3.17. The maximum Gasteiger partial charge on any atom is 0.0538 e. The van der Waals surface area contributed by atoms with Crippen LogP contribution in [0.3, 0.4) is 0 Å². The van der Waals surface area contributed by atoms with Crippen molar-refractivity contribution in [2.75, 3.05) is 6.54 Å². The lowest BCUT2D eigenvalue weighted by Gasteiger charge is -2.30. The Morgan fingerprint density at radius 2 is 2.42 bits per heavy atom. The Kier molecular flexibility index (Phi) is 3.68. The lowest BCUT2D eigenvalue weighted by atomic mass is 10.1. The molecule has 0 radical (unpaired) electrons. The second-order valence-corrected chi connectivity index (χ2v) is 6.01. The first-order chi connectivity index (χ1) is 9.28. The molecule has 4 nitrogen and oxygen atoms in total. The fourth-order valence-corrected chi connectivity index (χ4v) is 3.23. The zero-order chi connectivity index (χ0) is 13.2. The predicted octanol–water partition coefficient (Wildman–Crippen LogP) is 2.15. The smallest absolute Gasteiger partial charge is 0.0538 e.